The van der Waals surface area contributed by atoms with Crippen molar-refractivity contribution in [3.8, 4) is 0 Å². The summed E-state index contributed by atoms with van der Waals surface area (Å²) in [5, 5.41) is 8.62. The van der Waals surface area contributed by atoms with Crippen LogP contribution < -0.4 is 16.0 Å². The van der Waals surface area contributed by atoms with E-state index in [0.717, 1.165) is 16.0 Å². The van der Waals surface area contributed by atoms with E-state index in [1.807, 2.05) is 49.4 Å². The number of amides is 3. The quantitative estimate of drug-likeness (QED) is 0.134. The third-order valence-electron chi connectivity index (χ3n) is 6.02. The molecule has 0 saturated carbocycles. The third kappa shape index (κ3) is 8.24. The Morgan fingerprint density at radius 1 is 0.805 bits per heavy atom. The lowest BCUT2D eigenvalue weighted by Gasteiger charge is -2.14. The first-order valence-electron chi connectivity index (χ1n) is 12.7. The molecule has 0 heterocycles. The maximum atomic E-state index is 13.3. The normalized spacial score (nSPS) is 11.9. The number of thioether (sulfide) groups is 1. The molecule has 1 unspecified atom stereocenters. The largest absolute Gasteiger partial charge is 0.324 e. The minimum atomic E-state index is -0.468. The Kier molecular flexibility index (Phi) is 10.2. The fourth-order valence-electron chi connectivity index (χ4n) is 3.75. The van der Waals surface area contributed by atoms with E-state index in [2.05, 4.69) is 16.0 Å². The predicted molar refractivity (Wildman–Crippen MR) is 169 cm³/mol. The first-order chi connectivity index (χ1) is 19.7. The van der Waals surface area contributed by atoms with Gasteiger partial charge < -0.3 is 16.0 Å². The van der Waals surface area contributed by atoms with Crippen LogP contribution in [0.25, 0.3) is 6.08 Å². The van der Waals surface area contributed by atoms with Gasteiger partial charge in [0.15, 0.2) is 0 Å². The highest BCUT2D eigenvalue weighted by molar-refractivity contribution is 8.00. The van der Waals surface area contributed by atoms with Gasteiger partial charge in [-0.2, -0.15) is 0 Å². The molecule has 9 heteroatoms. The zero-order valence-electron chi connectivity index (χ0n) is 22.3. The summed E-state index contributed by atoms with van der Waals surface area (Å²) in [4.78, 5) is 39.7. The standard InChI is InChI=1S/C32H27Cl2N3O3S/c1-20-9-6-7-12-23(20)19-28(37-31(39)22-10-4-3-5-11-22)32(40)35-24-15-17-25(18-16-24)41-21(2)30(38)36-27-14-8-13-26(33)29(27)34/h3-19,21H,1-2H3,(H,35,40)(H,36,38)(H,37,39)/b28-19-. The number of carbonyl (C=O) groups excluding carboxylic acids is 3. The summed E-state index contributed by atoms with van der Waals surface area (Å²) in [7, 11) is 0. The molecule has 0 bridgehead atoms. The van der Waals surface area contributed by atoms with Crippen LogP contribution in [0.15, 0.2) is 108 Å². The number of hydrogen-bond donors (Lipinski definition) is 3. The van der Waals surface area contributed by atoms with Crippen molar-refractivity contribution < 1.29 is 14.4 Å². The summed E-state index contributed by atoms with van der Waals surface area (Å²) < 4.78 is 0. The fourth-order valence-corrected chi connectivity index (χ4v) is 4.97. The minimum Gasteiger partial charge on any atom is -0.324 e. The highest BCUT2D eigenvalue weighted by atomic mass is 35.5. The van der Waals surface area contributed by atoms with Gasteiger partial charge in [-0.05, 0) is 79.6 Å². The molecule has 0 saturated heterocycles. The van der Waals surface area contributed by atoms with E-state index in [9.17, 15) is 14.4 Å². The van der Waals surface area contributed by atoms with Gasteiger partial charge in [-0.25, -0.2) is 0 Å². The van der Waals surface area contributed by atoms with Crippen LogP contribution in [0.5, 0.6) is 0 Å². The molecule has 3 N–H and O–H groups in total. The molecule has 0 radical (unpaired) electrons. The van der Waals surface area contributed by atoms with Crippen LogP contribution in [0.1, 0.15) is 28.4 Å². The van der Waals surface area contributed by atoms with Crippen LogP contribution in [0.2, 0.25) is 10.0 Å². The van der Waals surface area contributed by atoms with Gasteiger partial charge in [-0.1, -0.05) is 71.7 Å². The molecule has 0 aromatic heterocycles. The van der Waals surface area contributed by atoms with Crippen molar-refractivity contribution in [1.82, 2.24) is 5.32 Å². The van der Waals surface area contributed by atoms with E-state index in [4.69, 9.17) is 23.2 Å². The maximum Gasteiger partial charge on any atom is 0.272 e. The summed E-state index contributed by atoms with van der Waals surface area (Å²) in [6.45, 7) is 3.72. The highest BCUT2D eigenvalue weighted by Gasteiger charge is 2.18. The topological polar surface area (TPSA) is 87.3 Å². The van der Waals surface area contributed by atoms with Crippen LogP contribution in [-0.4, -0.2) is 23.0 Å². The molecule has 0 spiro atoms. The van der Waals surface area contributed by atoms with Crippen LogP contribution >= 0.6 is 35.0 Å². The summed E-state index contributed by atoms with van der Waals surface area (Å²) in [5.74, 6) is -1.08. The molecule has 0 aliphatic heterocycles. The molecule has 6 nitrogen and oxygen atoms in total. The lowest BCUT2D eigenvalue weighted by molar-refractivity contribution is -0.115. The van der Waals surface area contributed by atoms with Gasteiger partial charge in [0.2, 0.25) is 5.91 Å². The molecular weight excluding hydrogens is 577 g/mol. The monoisotopic (exact) mass is 603 g/mol. The van der Waals surface area contributed by atoms with E-state index in [1.54, 1.807) is 67.6 Å². The molecule has 4 rings (SSSR count). The average molecular weight is 605 g/mol. The van der Waals surface area contributed by atoms with E-state index in [-0.39, 0.29) is 16.6 Å². The van der Waals surface area contributed by atoms with Gasteiger partial charge in [-0.3, -0.25) is 14.4 Å². The zero-order valence-corrected chi connectivity index (χ0v) is 24.6. The van der Waals surface area contributed by atoms with Crippen LogP contribution in [-0.2, 0) is 9.59 Å². The first-order valence-corrected chi connectivity index (χ1v) is 14.3. The van der Waals surface area contributed by atoms with Gasteiger partial charge in [0.25, 0.3) is 11.8 Å². The molecule has 4 aromatic rings. The van der Waals surface area contributed by atoms with Crippen molar-refractivity contribution in [3.63, 3.8) is 0 Å². The Balaban J connectivity index is 1.44. The maximum absolute atomic E-state index is 13.3. The van der Waals surface area contributed by atoms with Crippen molar-refractivity contribution in [1.29, 1.82) is 0 Å². The summed E-state index contributed by atoms with van der Waals surface area (Å²) in [6, 6.07) is 28.4. The molecule has 208 valence electrons. The summed E-state index contributed by atoms with van der Waals surface area (Å²) in [5.41, 5.74) is 3.30. The van der Waals surface area contributed by atoms with Crippen molar-refractivity contribution in [2.24, 2.45) is 0 Å². The van der Waals surface area contributed by atoms with Crippen LogP contribution in [0.4, 0.5) is 11.4 Å². The average Bonchev–Trinajstić information content (AvgIpc) is 2.97. The minimum absolute atomic E-state index is 0.108. The predicted octanol–water partition coefficient (Wildman–Crippen LogP) is 7.83. The molecule has 3 amide bonds. The van der Waals surface area contributed by atoms with E-state index in [0.29, 0.717) is 22.0 Å². The molecule has 1 atom stereocenters. The highest BCUT2D eigenvalue weighted by Crippen LogP contribution is 2.31. The van der Waals surface area contributed by atoms with Crippen molar-refractivity contribution >= 4 is 70.1 Å². The van der Waals surface area contributed by atoms with Crippen molar-refractivity contribution in [2.75, 3.05) is 10.6 Å². The number of anilines is 2. The van der Waals surface area contributed by atoms with Crippen molar-refractivity contribution in [3.05, 3.63) is 129 Å². The van der Waals surface area contributed by atoms with Crippen LogP contribution in [0, 0.1) is 6.92 Å². The Morgan fingerprint density at radius 2 is 1.49 bits per heavy atom. The molecule has 0 aliphatic carbocycles. The smallest absolute Gasteiger partial charge is 0.272 e. The van der Waals surface area contributed by atoms with Gasteiger partial charge >= 0.3 is 0 Å². The zero-order chi connectivity index (χ0) is 29.4. The van der Waals surface area contributed by atoms with Gasteiger partial charge in [-0.15, -0.1) is 11.8 Å². The lowest BCUT2D eigenvalue weighted by atomic mass is 10.1. The lowest BCUT2D eigenvalue weighted by Crippen LogP contribution is -2.30. The second-order valence-corrected chi connectivity index (χ2v) is 11.3. The number of halogens is 2. The Hall–Kier alpha value is -4.04. The fraction of sp³-hybridized carbons (Fsp3) is 0.0938. The second kappa shape index (κ2) is 14.0. The molecular formula is C32H27Cl2N3O3S. The number of benzene rings is 4. The van der Waals surface area contributed by atoms with Gasteiger partial charge in [0.05, 0.1) is 21.0 Å². The number of hydrogen-bond acceptors (Lipinski definition) is 4. The number of aryl methyl sites for hydroxylation is 1. The molecule has 4 aromatic carbocycles. The van der Waals surface area contributed by atoms with E-state index < -0.39 is 17.1 Å². The number of rotatable bonds is 9. The van der Waals surface area contributed by atoms with Crippen molar-refractivity contribution in [2.45, 2.75) is 24.0 Å². The summed E-state index contributed by atoms with van der Waals surface area (Å²) >= 11 is 13.6. The first kappa shape index (κ1) is 29.9. The van der Waals surface area contributed by atoms with E-state index in [1.165, 1.54) is 11.8 Å². The molecule has 0 aliphatic rings. The SMILES string of the molecule is Cc1ccccc1/C=C(\NC(=O)c1ccccc1)C(=O)Nc1ccc(SC(C)C(=O)Nc2cccc(Cl)c2Cl)cc1. The number of carbonyl (C=O) groups is 3. The molecule has 0 fully saturated rings. The number of nitrogens with one attached hydrogen (secondary N) is 3. The Morgan fingerprint density at radius 3 is 2.20 bits per heavy atom. The summed E-state index contributed by atoms with van der Waals surface area (Å²) in [6.07, 6.45) is 1.65. The second-order valence-electron chi connectivity index (χ2n) is 9.06. The van der Waals surface area contributed by atoms with Gasteiger partial charge in [0, 0.05) is 16.1 Å². The third-order valence-corrected chi connectivity index (χ3v) is 7.95. The molecule has 41 heavy (non-hydrogen) atoms. The van der Waals surface area contributed by atoms with Gasteiger partial charge in [0.1, 0.15) is 5.70 Å². The Bertz CT molecular complexity index is 1590. The Labute approximate surface area is 253 Å². The van der Waals surface area contributed by atoms with Crippen LogP contribution in [0.3, 0.4) is 0 Å². The van der Waals surface area contributed by atoms with E-state index >= 15 is 0 Å².